The number of morpholine rings is 1. The Bertz CT molecular complexity index is 494. The van der Waals surface area contributed by atoms with Gasteiger partial charge in [0.1, 0.15) is 12.2 Å². The van der Waals surface area contributed by atoms with Crippen molar-refractivity contribution in [3.8, 4) is 0 Å². The number of amides is 1. The Balaban J connectivity index is 1.80. The number of hydrogen-bond donors (Lipinski definition) is 2. The lowest BCUT2D eigenvalue weighted by Crippen LogP contribution is -2.46. The second kappa shape index (κ2) is 7.24. The van der Waals surface area contributed by atoms with Gasteiger partial charge in [-0.15, -0.1) is 0 Å². The molecule has 1 unspecified atom stereocenters. The minimum Gasteiger partial charge on any atom is -0.477 e. The molecule has 0 saturated carbocycles. The van der Waals surface area contributed by atoms with Crippen LogP contribution in [-0.2, 0) is 16.1 Å². The highest BCUT2D eigenvalue weighted by Crippen LogP contribution is 2.03. The zero-order valence-electron chi connectivity index (χ0n) is 12.1. The van der Waals surface area contributed by atoms with Gasteiger partial charge in [-0.1, -0.05) is 0 Å². The van der Waals surface area contributed by atoms with Crippen LogP contribution in [0.25, 0.3) is 0 Å². The lowest BCUT2D eigenvalue weighted by Gasteiger charge is -2.29. The van der Waals surface area contributed by atoms with Gasteiger partial charge in [0.25, 0.3) is 0 Å². The number of carboxylic acids is 1. The Morgan fingerprint density at radius 3 is 2.81 bits per heavy atom. The van der Waals surface area contributed by atoms with Gasteiger partial charge in [0.2, 0.25) is 5.91 Å². The standard InChI is InChI=1S/C14H21N3O4/c1-11(9-16-5-7-21-8-6-16)15-13(18)10-17-4-2-3-12(17)14(19)20/h2-4,11H,5-10H2,1H3,(H,15,18)(H,19,20). The molecule has 1 amide bonds. The molecule has 0 aromatic carbocycles. The molecule has 0 bridgehead atoms. The fourth-order valence-corrected chi connectivity index (χ4v) is 2.44. The van der Waals surface area contributed by atoms with E-state index in [0.29, 0.717) is 0 Å². The van der Waals surface area contributed by atoms with E-state index in [1.807, 2.05) is 6.92 Å². The molecule has 2 rings (SSSR count). The fourth-order valence-electron chi connectivity index (χ4n) is 2.44. The minimum absolute atomic E-state index is 0.0134. The van der Waals surface area contributed by atoms with Crippen molar-refractivity contribution in [3.63, 3.8) is 0 Å². The summed E-state index contributed by atoms with van der Waals surface area (Å²) in [4.78, 5) is 25.2. The summed E-state index contributed by atoms with van der Waals surface area (Å²) in [5.41, 5.74) is 0.117. The Morgan fingerprint density at radius 1 is 1.43 bits per heavy atom. The summed E-state index contributed by atoms with van der Waals surface area (Å²) in [6.45, 7) is 5.94. The summed E-state index contributed by atoms with van der Waals surface area (Å²) in [6.07, 6.45) is 1.59. The molecule has 21 heavy (non-hydrogen) atoms. The molecule has 1 atom stereocenters. The van der Waals surface area contributed by atoms with Gasteiger partial charge in [-0.05, 0) is 19.1 Å². The summed E-state index contributed by atoms with van der Waals surface area (Å²) in [5, 5.41) is 11.9. The first kappa shape index (κ1) is 15.5. The SMILES string of the molecule is CC(CN1CCOCC1)NC(=O)Cn1cccc1C(=O)O. The molecule has 0 spiro atoms. The van der Waals surface area contributed by atoms with Crippen LogP contribution in [0, 0.1) is 0 Å². The lowest BCUT2D eigenvalue weighted by atomic mass is 10.3. The Labute approximate surface area is 123 Å². The van der Waals surface area contributed by atoms with Crippen molar-refractivity contribution in [3.05, 3.63) is 24.0 Å². The number of hydrogen-bond acceptors (Lipinski definition) is 4. The molecule has 1 aromatic heterocycles. The van der Waals surface area contributed by atoms with Gasteiger partial charge in [0.05, 0.1) is 13.2 Å². The van der Waals surface area contributed by atoms with Crippen LogP contribution in [0.4, 0.5) is 0 Å². The van der Waals surface area contributed by atoms with Gasteiger partial charge >= 0.3 is 5.97 Å². The summed E-state index contributed by atoms with van der Waals surface area (Å²) in [7, 11) is 0. The molecule has 1 saturated heterocycles. The number of carbonyl (C=O) groups is 2. The molecule has 1 aliphatic heterocycles. The minimum atomic E-state index is -1.03. The maximum atomic E-state index is 12.0. The molecule has 2 N–H and O–H groups in total. The Morgan fingerprint density at radius 2 is 2.14 bits per heavy atom. The number of ether oxygens (including phenoxy) is 1. The first-order valence-corrected chi connectivity index (χ1v) is 7.04. The van der Waals surface area contributed by atoms with E-state index in [1.54, 1.807) is 12.3 Å². The third kappa shape index (κ3) is 4.57. The topological polar surface area (TPSA) is 83.8 Å². The number of carboxylic acid groups (broad SMARTS) is 1. The molecular formula is C14H21N3O4. The quantitative estimate of drug-likeness (QED) is 0.773. The molecule has 1 aliphatic rings. The lowest BCUT2D eigenvalue weighted by molar-refractivity contribution is -0.122. The van der Waals surface area contributed by atoms with Crippen molar-refractivity contribution in [1.29, 1.82) is 0 Å². The molecule has 1 fully saturated rings. The van der Waals surface area contributed by atoms with Crippen molar-refractivity contribution in [2.75, 3.05) is 32.8 Å². The van der Waals surface area contributed by atoms with Crippen molar-refractivity contribution in [1.82, 2.24) is 14.8 Å². The van der Waals surface area contributed by atoms with Gasteiger partial charge in [-0.3, -0.25) is 9.69 Å². The number of nitrogens with one attached hydrogen (secondary N) is 1. The zero-order chi connectivity index (χ0) is 15.2. The van der Waals surface area contributed by atoms with Gasteiger partial charge in [0.15, 0.2) is 0 Å². The van der Waals surface area contributed by atoms with Crippen LogP contribution < -0.4 is 5.32 Å². The molecule has 7 heteroatoms. The summed E-state index contributed by atoms with van der Waals surface area (Å²) in [6, 6.07) is 3.11. The average Bonchev–Trinajstić information content (AvgIpc) is 2.87. The molecule has 1 aromatic rings. The summed E-state index contributed by atoms with van der Waals surface area (Å²) >= 11 is 0. The van der Waals surface area contributed by atoms with Crippen LogP contribution in [0.2, 0.25) is 0 Å². The van der Waals surface area contributed by atoms with Crippen molar-refractivity contribution < 1.29 is 19.4 Å². The van der Waals surface area contributed by atoms with Gasteiger partial charge in [-0.25, -0.2) is 4.79 Å². The smallest absolute Gasteiger partial charge is 0.352 e. The third-order valence-corrected chi connectivity index (χ3v) is 3.41. The van der Waals surface area contributed by atoms with Crippen molar-refractivity contribution in [2.45, 2.75) is 19.5 Å². The number of carbonyl (C=O) groups excluding carboxylic acids is 1. The number of aromatic carboxylic acids is 1. The van der Waals surface area contributed by atoms with Crippen LogP contribution in [0.5, 0.6) is 0 Å². The van der Waals surface area contributed by atoms with Gasteiger partial charge in [-0.2, -0.15) is 0 Å². The fraction of sp³-hybridized carbons (Fsp3) is 0.571. The summed E-state index contributed by atoms with van der Waals surface area (Å²) < 4.78 is 6.71. The predicted molar refractivity (Wildman–Crippen MR) is 76.3 cm³/mol. The van der Waals surface area contributed by atoms with Crippen LogP contribution in [0.15, 0.2) is 18.3 Å². The number of rotatable bonds is 6. The normalized spacial score (nSPS) is 17.4. The maximum absolute atomic E-state index is 12.0. The van der Waals surface area contributed by atoms with Crippen LogP contribution in [-0.4, -0.2) is 65.3 Å². The van der Waals surface area contributed by atoms with Crippen LogP contribution >= 0.6 is 0 Å². The van der Waals surface area contributed by atoms with Crippen LogP contribution in [0.1, 0.15) is 17.4 Å². The average molecular weight is 295 g/mol. The maximum Gasteiger partial charge on any atom is 0.352 e. The largest absolute Gasteiger partial charge is 0.477 e. The van der Waals surface area contributed by atoms with Crippen molar-refractivity contribution >= 4 is 11.9 Å². The molecular weight excluding hydrogens is 274 g/mol. The van der Waals surface area contributed by atoms with E-state index in [9.17, 15) is 9.59 Å². The first-order chi connectivity index (χ1) is 10.1. The molecule has 116 valence electrons. The predicted octanol–water partition coefficient (Wildman–Crippen LogP) is 0.0232. The molecule has 7 nitrogen and oxygen atoms in total. The molecule has 2 heterocycles. The van der Waals surface area contributed by atoms with E-state index in [4.69, 9.17) is 9.84 Å². The second-order valence-corrected chi connectivity index (χ2v) is 5.21. The van der Waals surface area contributed by atoms with E-state index in [0.717, 1.165) is 32.8 Å². The van der Waals surface area contributed by atoms with E-state index < -0.39 is 5.97 Å². The summed E-state index contributed by atoms with van der Waals surface area (Å²) in [5.74, 6) is -1.22. The first-order valence-electron chi connectivity index (χ1n) is 7.04. The Hall–Kier alpha value is -1.86. The number of aromatic nitrogens is 1. The van der Waals surface area contributed by atoms with E-state index in [-0.39, 0.29) is 24.2 Å². The molecule has 0 aliphatic carbocycles. The highest BCUT2D eigenvalue weighted by molar-refractivity contribution is 5.86. The Kier molecular flexibility index (Phi) is 5.35. The van der Waals surface area contributed by atoms with Gasteiger partial charge in [0, 0.05) is 31.9 Å². The second-order valence-electron chi connectivity index (χ2n) is 5.21. The van der Waals surface area contributed by atoms with Gasteiger partial charge < -0.3 is 19.7 Å². The molecule has 0 radical (unpaired) electrons. The van der Waals surface area contributed by atoms with E-state index in [1.165, 1.54) is 10.6 Å². The zero-order valence-corrected chi connectivity index (χ0v) is 12.1. The van der Waals surface area contributed by atoms with Crippen LogP contribution in [0.3, 0.4) is 0 Å². The van der Waals surface area contributed by atoms with E-state index in [2.05, 4.69) is 10.2 Å². The number of nitrogens with zero attached hydrogens (tertiary/aromatic N) is 2. The highest BCUT2D eigenvalue weighted by atomic mass is 16.5. The monoisotopic (exact) mass is 295 g/mol. The third-order valence-electron chi connectivity index (χ3n) is 3.41. The van der Waals surface area contributed by atoms with E-state index >= 15 is 0 Å². The highest BCUT2D eigenvalue weighted by Gasteiger charge is 2.16. The van der Waals surface area contributed by atoms with Crippen molar-refractivity contribution in [2.24, 2.45) is 0 Å².